The van der Waals surface area contributed by atoms with Crippen molar-refractivity contribution >= 4 is 5.78 Å². The number of rotatable bonds is 7. The van der Waals surface area contributed by atoms with Crippen LogP contribution < -0.4 is 0 Å². The van der Waals surface area contributed by atoms with E-state index in [2.05, 4.69) is 0 Å². The number of carbonyl (C=O) groups excluding carboxylic acids is 1. The summed E-state index contributed by atoms with van der Waals surface area (Å²) < 4.78 is 16.3. The van der Waals surface area contributed by atoms with Gasteiger partial charge >= 0.3 is 0 Å². The molecule has 27 heavy (non-hydrogen) atoms. The first-order valence-corrected chi connectivity index (χ1v) is 9.27. The van der Waals surface area contributed by atoms with E-state index in [1.54, 1.807) is 13.8 Å². The Morgan fingerprint density at radius 3 is 1.74 bits per heavy atom. The molecule has 158 valence electrons. The Balaban J connectivity index is 2.05. The van der Waals surface area contributed by atoms with Gasteiger partial charge in [0.2, 0.25) is 0 Å². The smallest absolute Gasteiger partial charge is 0.189 e. The molecule has 0 bridgehead atoms. The molecule has 0 aromatic rings. The lowest BCUT2D eigenvalue weighted by Crippen LogP contribution is -2.62. The van der Waals surface area contributed by atoms with Crippen LogP contribution in [-0.4, -0.2) is 97.8 Å². The van der Waals surface area contributed by atoms with Crippen LogP contribution in [0.2, 0.25) is 0 Å². The zero-order chi connectivity index (χ0) is 20.3. The first-order chi connectivity index (χ1) is 12.7. The monoisotopic (exact) mass is 394 g/mol. The summed E-state index contributed by atoms with van der Waals surface area (Å²) in [5.74, 6) is -0.0437. The molecule has 2 aliphatic rings. The van der Waals surface area contributed by atoms with Gasteiger partial charge in [-0.2, -0.15) is 0 Å². The van der Waals surface area contributed by atoms with Crippen molar-refractivity contribution in [3.8, 4) is 0 Å². The van der Waals surface area contributed by atoms with E-state index in [0.717, 1.165) is 0 Å². The van der Waals surface area contributed by atoms with Gasteiger partial charge in [0, 0.05) is 12.8 Å². The SMILES string of the molecule is CCC(=O)CCC1O[C@H](O[C@H]2OC(CC)[C@@H](O)C(O)[C@H]2O)C(O)[C@@H](O)[C@@H]1O. The molecule has 10 nitrogen and oxygen atoms in total. The number of aliphatic hydroxyl groups excluding tert-OH is 6. The van der Waals surface area contributed by atoms with Gasteiger partial charge in [-0.05, 0) is 12.8 Å². The molecule has 0 saturated carbocycles. The number of Topliss-reactive ketones (excluding diaryl/α,β-unsaturated/α-hetero) is 1. The summed E-state index contributed by atoms with van der Waals surface area (Å²) in [7, 11) is 0. The minimum atomic E-state index is -1.64. The topological polar surface area (TPSA) is 166 Å². The van der Waals surface area contributed by atoms with Crippen LogP contribution in [0.5, 0.6) is 0 Å². The summed E-state index contributed by atoms with van der Waals surface area (Å²) >= 11 is 0. The third-order valence-electron chi connectivity index (χ3n) is 5.11. The normalized spacial score (nSPS) is 45.6. The first-order valence-electron chi connectivity index (χ1n) is 9.27. The molecule has 6 N–H and O–H groups in total. The molecule has 2 aliphatic heterocycles. The number of ketones is 1. The Morgan fingerprint density at radius 1 is 0.778 bits per heavy atom. The van der Waals surface area contributed by atoms with E-state index >= 15 is 0 Å². The van der Waals surface area contributed by atoms with Crippen LogP contribution in [0.4, 0.5) is 0 Å². The third-order valence-corrected chi connectivity index (χ3v) is 5.11. The maximum atomic E-state index is 11.5. The van der Waals surface area contributed by atoms with Gasteiger partial charge in [0.25, 0.3) is 0 Å². The molecule has 0 aliphatic carbocycles. The molecule has 4 unspecified atom stereocenters. The van der Waals surface area contributed by atoms with Gasteiger partial charge in [0.05, 0.1) is 12.2 Å². The zero-order valence-electron chi connectivity index (χ0n) is 15.4. The van der Waals surface area contributed by atoms with E-state index in [1.165, 1.54) is 0 Å². The second-order valence-corrected chi connectivity index (χ2v) is 7.00. The van der Waals surface area contributed by atoms with Crippen LogP contribution in [0.3, 0.4) is 0 Å². The predicted octanol–water partition coefficient (Wildman–Crippen LogP) is -2.21. The quantitative estimate of drug-likeness (QED) is 0.279. The summed E-state index contributed by atoms with van der Waals surface area (Å²) in [6, 6.07) is 0. The fourth-order valence-corrected chi connectivity index (χ4v) is 3.25. The molecule has 0 aromatic carbocycles. The molecular weight excluding hydrogens is 364 g/mol. The molecule has 0 aromatic heterocycles. The van der Waals surface area contributed by atoms with Gasteiger partial charge in [-0.25, -0.2) is 0 Å². The molecule has 2 fully saturated rings. The van der Waals surface area contributed by atoms with E-state index in [4.69, 9.17) is 14.2 Å². The number of hydrogen-bond donors (Lipinski definition) is 6. The second-order valence-electron chi connectivity index (χ2n) is 7.00. The molecule has 0 spiro atoms. The van der Waals surface area contributed by atoms with Gasteiger partial charge in [-0.15, -0.1) is 0 Å². The van der Waals surface area contributed by atoms with Crippen LogP contribution >= 0.6 is 0 Å². The highest BCUT2D eigenvalue weighted by molar-refractivity contribution is 5.77. The summed E-state index contributed by atoms with van der Waals surface area (Å²) in [5.41, 5.74) is 0. The molecule has 0 radical (unpaired) electrons. The maximum Gasteiger partial charge on any atom is 0.189 e. The van der Waals surface area contributed by atoms with Gasteiger partial charge in [-0.3, -0.25) is 4.79 Å². The Bertz CT molecular complexity index is 486. The largest absolute Gasteiger partial charge is 0.388 e. The molecular formula is C17H30O10. The molecule has 2 saturated heterocycles. The Hall–Kier alpha value is -0.690. The maximum absolute atomic E-state index is 11.5. The third kappa shape index (κ3) is 5.03. The minimum absolute atomic E-state index is 0.0437. The zero-order valence-corrected chi connectivity index (χ0v) is 15.4. The number of carbonyl (C=O) groups is 1. The van der Waals surface area contributed by atoms with Gasteiger partial charge in [0.1, 0.15) is 42.4 Å². The van der Waals surface area contributed by atoms with Crippen molar-refractivity contribution in [3.63, 3.8) is 0 Å². The van der Waals surface area contributed by atoms with Crippen molar-refractivity contribution in [3.05, 3.63) is 0 Å². The van der Waals surface area contributed by atoms with Gasteiger partial charge < -0.3 is 44.8 Å². The van der Waals surface area contributed by atoms with Crippen molar-refractivity contribution in [1.82, 2.24) is 0 Å². The Morgan fingerprint density at radius 2 is 1.26 bits per heavy atom. The predicted molar refractivity (Wildman–Crippen MR) is 89.3 cm³/mol. The highest BCUT2D eigenvalue weighted by Gasteiger charge is 2.49. The van der Waals surface area contributed by atoms with E-state index in [9.17, 15) is 35.4 Å². The first kappa shape index (κ1) is 22.6. The highest BCUT2D eigenvalue weighted by Crippen LogP contribution is 2.30. The van der Waals surface area contributed by atoms with Crippen molar-refractivity contribution in [1.29, 1.82) is 0 Å². The van der Waals surface area contributed by atoms with E-state index in [-0.39, 0.29) is 18.6 Å². The number of hydrogen-bond acceptors (Lipinski definition) is 10. The van der Waals surface area contributed by atoms with Crippen LogP contribution in [0.25, 0.3) is 0 Å². The van der Waals surface area contributed by atoms with E-state index in [1.807, 2.05) is 0 Å². The molecule has 2 heterocycles. The molecule has 10 heteroatoms. The summed E-state index contributed by atoms with van der Waals surface area (Å²) in [6.07, 6.45) is -12.9. The molecule has 2 rings (SSSR count). The fraction of sp³-hybridized carbons (Fsp3) is 0.941. The second kappa shape index (κ2) is 9.68. The van der Waals surface area contributed by atoms with Crippen molar-refractivity contribution in [2.24, 2.45) is 0 Å². The van der Waals surface area contributed by atoms with Crippen molar-refractivity contribution in [2.45, 2.75) is 101 Å². The lowest BCUT2D eigenvalue weighted by atomic mass is 9.94. The van der Waals surface area contributed by atoms with Crippen LogP contribution in [0.1, 0.15) is 39.5 Å². The van der Waals surface area contributed by atoms with Crippen LogP contribution in [0, 0.1) is 0 Å². The van der Waals surface area contributed by atoms with Crippen molar-refractivity contribution in [2.75, 3.05) is 0 Å². The lowest BCUT2D eigenvalue weighted by Gasteiger charge is -2.45. The van der Waals surface area contributed by atoms with E-state index in [0.29, 0.717) is 12.8 Å². The highest BCUT2D eigenvalue weighted by atomic mass is 16.8. The van der Waals surface area contributed by atoms with Crippen LogP contribution in [-0.2, 0) is 19.0 Å². The van der Waals surface area contributed by atoms with Crippen molar-refractivity contribution < 1.29 is 49.6 Å². The lowest BCUT2D eigenvalue weighted by molar-refractivity contribution is -0.374. The fourth-order valence-electron chi connectivity index (χ4n) is 3.25. The molecule has 10 atom stereocenters. The summed E-state index contributed by atoms with van der Waals surface area (Å²) in [6.45, 7) is 3.42. The summed E-state index contributed by atoms with van der Waals surface area (Å²) in [4.78, 5) is 11.5. The Kier molecular flexibility index (Phi) is 8.10. The summed E-state index contributed by atoms with van der Waals surface area (Å²) in [5, 5.41) is 60.2. The number of ether oxygens (including phenoxy) is 3. The standard InChI is InChI=1S/C17H30O10/c1-3-7(18)5-6-9-11(20)13(22)15(24)17(26-9)27-16-14(23)12(21)10(19)8(4-2)25-16/h8-17,19-24H,3-6H2,1-2H3/t8?,9?,10-,11-,12?,13+,14-,15?,16-,17-/m1/s1. The van der Waals surface area contributed by atoms with Gasteiger partial charge in [0.15, 0.2) is 12.6 Å². The minimum Gasteiger partial charge on any atom is -0.388 e. The van der Waals surface area contributed by atoms with E-state index < -0.39 is 61.4 Å². The molecule has 0 amide bonds. The van der Waals surface area contributed by atoms with Gasteiger partial charge in [-0.1, -0.05) is 13.8 Å². The average molecular weight is 394 g/mol. The van der Waals surface area contributed by atoms with Crippen LogP contribution in [0.15, 0.2) is 0 Å². The number of aliphatic hydroxyl groups is 6. The average Bonchev–Trinajstić information content (AvgIpc) is 2.67. The Labute approximate surface area is 157 Å².